The van der Waals surface area contributed by atoms with Crippen LogP contribution in [0.2, 0.25) is 5.02 Å². The molecule has 132 valence electrons. The van der Waals surface area contributed by atoms with Crippen LogP contribution in [0.1, 0.15) is 17.5 Å². The maximum atomic E-state index is 11.8. The van der Waals surface area contributed by atoms with Gasteiger partial charge in [-0.1, -0.05) is 41.9 Å². The maximum absolute atomic E-state index is 11.8. The zero-order chi connectivity index (χ0) is 18.0. The molecular weight excluding hydrogens is 354 g/mol. The molecule has 0 amide bonds. The van der Waals surface area contributed by atoms with Crippen molar-refractivity contribution in [3.05, 3.63) is 64.7 Å². The smallest absolute Gasteiger partial charge is 0.195 e. The number of nitrogens with zero attached hydrogens (tertiary/aromatic N) is 2. The number of nitrogens with one attached hydrogen (secondary N) is 1. The van der Waals surface area contributed by atoms with E-state index in [1.165, 1.54) is 0 Å². The van der Waals surface area contributed by atoms with Gasteiger partial charge in [-0.2, -0.15) is 0 Å². The molecule has 3 rings (SSSR count). The van der Waals surface area contributed by atoms with E-state index in [-0.39, 0.29) is 0 Å². The van der Waals surface area contributed by atoms with Crippen LogP contribution >= 0.6 is 23.8 Å². The highest BCUT2D eigenvalue weighted by molar-refractivity contribution is 7.80. The predicted molar refractivity (Wildman–Crippen MR) is 107 cm³/mol. The first kappa shape index (κ1) is 18.1. The van der Waals surface area contributed by atoms with E-state index in [2.05, 4.69) is 10.2 Å². The Balaban J connectivity index is 2.08. The van der Waals surface area contributed by atoms with Crippen LogP contribution in [0, 0.1) is 0 Å². The third-order valence-electron chi connectivity index (χ3n) is 4.40. The van der Waals surface area contributed by atoms with E-state index in [1.807, 2.05) is 55.4 Å². The molecule has 1 aliphatic rings. The average molecular weight is 376 g/mol. The molecule has 2 aromatic rings. The second-order valence-electron chi connectivity index (χ2n) is 6.47. The monoisotopic (exact) mass is 375 g/mol. The first-order valence-corrected chi connectivity index (χ1v) is 9.03. The van der Waals surface area contributed by atoms with Gasteiger partial charge in [0.1, 0.15) is 0 Å². The third-order valence-corrected chi connectivity index (χ3v) is 4.96. The number of benzene rings is 2. The highest BCUT2D eigenvalue weighted by atomic mass is 35.5. The van der Waals surface area contributed by atoms with Crippen molar-refractivity contribution in [3.8, 4) is 0 Å². The van der Waals surface area contributed by atoms with Crippen LogP contribution in [-0.4, -0.2) is 47.2 Å². The van der Waals surface area contributed by atoms with E-state index in [0.717, 1.165) is 24.2 Å². The highest BCUT2D eigenvalue weighted by Crippen LogP contribution is 2.42. The van der Waals surface area contributed by atoms with Crippen LogP contribution in [0.15, 0.2) is 48.5 Å². The van der Waals surface area contributed by atoms with Crippen molar-refractivity contribution in [2.75, 3.05) is 32.5 Å². The molecule has 1 aliphatic heterocycles. The summed E-state index contributed by atoms with van der Waals surface area (Å²) >= 11 is 11.8. The molecule has 1 unspecified atom stereocenters. The first-order valence-electron chi connectivity index (χ1n) is 8.24. The number of rotatable bonds is 5. The minimum absolute atomic E-state index is 0.514. The van der Waals surface area contributed by atoms with Gasteiger partial charge in [0.25, 0.3) is 0 Å². The predicted octanol–water partition coefficient (Wildman–Crippen LogP) is 3.50. The molecule has 1 atom stereocenters. The Labute approximate surface area is 159 Å². The zero-order valence-corrected chi connectivity index (χ0v) is 15.9. The summed E-state index contributed by atoms with van der Waals surface area (Å²) in [5.41, 5.74) is 0.914. The Morgan fingerprint density at radius 3 is 2.60 bits per heavy atom. The van der Waals surface area contributed by atoms with Gasteiger partial charge < -0.3 is 20.2 Å². The van der Waals surface area contributed by atoms with E-state index in [1.54, 1.807) is 12.1 Å². The van der Waals surface area contributed by atoms with Crippen LogP contribution in [0.4, 0.5) is 5.69 Å². The van der Waals surface area contributed by atoms with Gasteiger partial charge in [-0.15, -0.1) is 0 Å². The van der Waals surface area contributed by atoms with Crippen molar-refractivity contribution >= 4 is 34.6 Å². The van der Waals surface area contributed by atoms with Gasteiger partial charge in [-0.25, -0.2) is 0 Å². The van der Waals surface area contributed by atoms with Crippen LogP contribution in [0.5, 0.6) is 0 Å². The number of anilines is 1. The van der Waals surface area contributed by atoms with Crippen LogP contribution in [-0.2, 0) is 5.72 Å². The number of hydrogen-bond donors (Lipinski definition) is 2. The van der Waals surface area contributed by atoms with E-state index in [9.17, 15) is 5.11 Å². The van der Waals surface area contributed by atoms with Crippen molar-refractivity contribution in [1.82, 2.24) is 9.80 Å². The SMILES string of the molecule is CN(C)CCCN1C(=S)Nc2ccc(Cl)cc2C1(O)c1ccccc1. The topological polar surface area (TPSA) is 38.7 Å². The molecule has 4 nitrogen and oxygen atoms in total. The third kappa shape index (κ3) is 3.51. The molecule has 2 N–H and O–H groups in total. The fourth-order valence-corrected chi connectivity index (χ4v) is 3.68. The Morgan fingerprint density at radius 2 is 1.92 bits per heavy atom. The molecule has 0 saturated carbocycles. The summed E-state index contributed by atoms with van der Waals surface area (Å²) in [7, 11) is 4.07. The molecular formula is C19H22ClN3OS. The van der Waals surface area contributed by atoms with Gasteiger partial charge in [0, 0.05) is 28.4 Å². The van der Waals surface area contributed by atoms with Crippen molar-refractivity contribution in [1.29, 1.82) is 0 Å². The lowest BCUT2D eigenvalue weighted by molar-refractivity contribution is -0.0393. The molecule has 0 aromatic heterocycles. The molecule has 0 fully saturated rings. The molecule has 0 bridgehead atoms. The number of halogens is 1. The Hall–Kier alpha value is -1.66. The molecule has 0 aliphatic carbocycles. The first-order chi connectivity index (χ1) is 11.9. The average Bonchev–Trinajstić information content (AvgIpc) is 2.59. The van der Waals surface area contributed by atoms with Crippen molar-refractivity contribution in [2.24, 2.45) is 0 Å². The van der Waals surface area contributed by atoms with Crippen LogP contribution < -0.4 is 5.32 Å². The molecule has 0 radical (unpaired) electrons. The molecule has 0 saturated heterocycles. The second-order valence-corrected chi connectivity index (χ2v) is 7.29. The van der Waals surface area contributed by atoms with E-state index >= 15 is 0 Å². The minimum Gasteiger partial charge on any atom is -0.363 e. The summed E-state index contributed by atoms with van der Waals surface area (Å²) in [5.74, 6) is 0. The van der Waals surface area contributed by atoms with E-state index in [4.69, 9.17) is 23.8 Å². The Kier molecular flexibility index (Phi) is 5.29. The highest BCUT2D eigenvalue weighted by Gasteiger charge is 2.44. The van der Waals surface area contributed by atoms with Gasteiger partial charge >= 0.3 is 0 Å². The quantitative estimate of drug-likeness (QED) is 0.782. The van der Waals surface area contributed by atoms with Crippen molar-refractivity contribution < 1.29 is 5.11 Å². The molecule has 2 aromatic carbocycles. The minimum atomic E-state index is -1.35. The Bertz CT molecular complexity index is 769. The molecule has 25 heavy (non-hydrogen) atoms. The van der Waals surface area contributed by atoms with Crippen LogP contribution in [0.25, 0.3) is 0 Å². The molecule has 6 heteroatoms. The lowest BCUT2D eigenvalue weighted by Gasteiger charge is -2.46. The lowest BCUT2D eigenvalue weighted by Crippen LogP contribution is -2.55. The van der Waals surface area contributed by atoms with Gasteiger partial charge in [0.05, 0.1) is 0 Å². The van der Waals surface area contributed by atoms with Gasteiger partial charge in [-0.3, -0.25) is 0 Å². The van der Waals surface area contributed by atoms with Crippen molar-refractivity contribution in [3.63, 3.8) is 0 Å². The van der Waals surface area contributed by atoms with E-state index in [0.29, 0.717) is 22.2 Å². The van der Waals surface area contributed by atoms with Gasteiger partial charge in [0.15, 0.2) is 10.8 Å². The fourth-order valence-electron chi connectivity index (χ4n) is 3.18. The van der Waals surface area contributed by atoms with Gasteiger partial charge in [-0.05, 0) is 57.5 Å². The lowest BCUT2D eigenvalue weighted by atomic mass is 9.89. The van der Waals surface area contributed by atoms with Crippen LogP contribution in [0.3, 0.4) is 0 Å². The largest absolute Gasteiger partial charge is 0.363 e. The van der Waals surface area contributed by atoms with Crippen molar-refractivity contribution in [2.45, 2.75) is 12.1 Å². The number of hydrogen-bond acceptors (Lipinski definition) is 3. The fraction of sp³-hybridized carbons (Fsp3) is 0.316. The second kappa shape index (κ2) is 7.30. The zero-order valence-electron chi connectivity index (χ0n) is 14.4. The summed E-state index contributed by atoms with van der Waals surface area (Å²) in [6, 6.07) is 15.0. The molecule has 1 heterocycles. The number of thiocarbonyl (C=S) groups is 1. The summed E-state index contributed by atoms with van der Waals surface area (Å²) in [6.45, 7) is 1.54. The summed E-state index contributed by atoms with van der Waals surface area (Å²) in [5, 5.41) is 16.2. The number of aliphatic hydroxyl groups is 1. The maximum Gasteiger partial charge on any atom is 0.195 e. The normalized spacial score (nSPS) is 19.7. The van der Waals surface area contributed by atoms with E-state index < -0.39 is 5.72 Å². The standard InChI is InChI=1S/C19H22ClN3OS/c1-22(2)11-6-12-23-18(25)21-17-10-9-15(20)13-16(17)19(23,24)14-7-4-3-5-8-14/h3-5,7-10,13,24H,6,11-12H2,1-2H3,(H,21,25). The number of fused-ring (bicyclic) bond motifs is 1. The van der Waals surface area contributed by atoms with Gasteiger partial charge in [0.2, 0.25) is 0 Å². The Morgan fingerprint density at radius 1 is 1.20 bits per heavy atom. The molecule has 0 spiro atoms. The summed E-state index contributed by atoms with van der Waals surface area (Å²) < 4.78 is 0. The summed E-state index contributed by atoms with van der Waals surface area (Å²) in [4.78, 5) is 3.96. The summed E-state index contributed by atoms with van der Waals surface area (Å²) in [6.07, 6.45) is 0.875.